The molecular formula is C27H32N4O. The molecule has 2 N–H and O–H groups in total. The molecular weight excluding hydrogens is 396 g/mol. The van der Waals surface area contributed by atoms with E-state index in [1.54, 1.807) is 6.08 Å². The van der Waals surface area contributed by atoms with E-state index in [0.29, 0.717) is 12.0 Å². The minimum absolute atomic E-state index is 0.0225. The number of hydrogen-bond donors (Lipinski definition) is 2. The zero-order valence-corrected chi connectivity index (χ0v) is 18.9. The monoisotopic (exact) mass is 428 g/mol. The lowest BCUT2D eigenvalue weighted by Gasteiger charge is -2.30. The van der Waals surface area contributed by atoms with Crippen molar-refractivity contribution in [3.05, 3.63) is 72.3 Å². The average molecular weight is 429 g/mol. The van der Waals surface area contributed by atoms with E-state index < -0.39 is 0 Å². The van der Waals surface area contributed by atoms with Crippen molar-refractivity contribution in [2.45, 2.75) is 31.7 Å². The molecule has 0 spiro atoms. The van der Waals surface area contributed by atoms with Gasteiger partial charge in [0.05, 0.1) is 5.52 Å². The van der Waals surface area contributed by atoms with Crippen LogP contribution >= 0.6 is 0 Å². The first-order valence-electron chi connectivity index (χ1n) is 11.4. The van der Waals surface area contributed by atoms with Crippen LogP contribution in [-0.2, 0) is 4.79 Å². The van der Waals surface area contributed by atoms with Crippen molar-refractivity contribution in [1.82, 2.24) is 10.3 Å². The number of anilines is 2. The second-order valence-corrected chi connectivity index (χ2v) is 8.79. The molecule has 1 heterocycles. The number of nitrogens with zero attached hydrogens (tertiary/aromatic N) is 2. The minimum Gasteiger partial charge on any atom is -0.377 e. The van der Waals surface area contributed by atoms with Crippen LogP contribution in [0.5, 0.6) is 0 Å². The topological polar surface area (TPSA) is 57.3 Å². The second-order valence-electron chi connectivity index (χ2n) is 8.79. The van der Waals surface area contributed by atoms with Crippen LogP contribution in [0.1, 0.15) is 31.2 Å². The number of para-hydroxylation sites is 1. The molecule has 0 unspecified atom stereocenters. The highest BCUT2D eigenvalue weighted by Gasteiger charge is 2.22. The van der Waals surface area contributed by atoms with Crippen LogP contribution in [0.25, 0.3) is 17.0 Å². The predicted molar refractivity (Wildman–Crippen MR) is 134 cm³/mol. The number of carbonyl (C=O) groups is 1. The molecule has 4 rings (SSSR count). The third-order valence-electron chi connectivity index (χ3n) is 6.17. The van der Waals surface area contributed by atoms with Gasteiger partial charge in [0, 0.05) is 49.9 Å². The van der Waals surface area contributed by atoms with Crippen molar-refractivity contribution < 1.29 is 4.79 Å². The van der Waals surface area contributed by atoms with Crippen LogP contribution in [0.4, 0.5) is 11.5 Å². The summed E-state index contributed by atoms with van der Waals surface area (Å²) in [6, 6.07) is 20.7. The lowest BCUT2D eigenvalue weighted by atomic mass is 9.86. The van der Waals surface area contributed by atoms with Gasteiger partial charge in [-0.2, -0.15) is 0 Å². The van der Waals surface area contributed by atoms with Gasteiger partial charge in [-0.1, -0.05) is 48.5 Å². The fourth-order valence-electron chi connectivity index (χ4n) is 4.36. The van der Waals surface area contributed by atoms with E-state index >= 15 is 0 Å². The zero-order valence-electron chi connectivity index (χ0n) is 18.9. The van der Waals surface area contributed by atoms with Crippen LogP contribution in [0.3, 0.4) is 0 Å². The first kappa shape index (κ1) is 21.9. The van der Waals surface area contributed by atoms with Crippen LogP contribution in [0, 0.1) is 5.92 Å². The SMILES string of the molecule is CN(C)c1cc(N[C@H]2CC[C@@H](CNC(=O)C=Cc3ccccc3)CC2)nc2ccccc12. The number of hydrogen-bond acceptors (Lipinski definition) is 4. The van der Waals surface area contributed by atoms with E-state index in [0.717, 1.165) is 49.1 Å². The molecule has 1 amide bonds. The second kappa shape index (κ2) is 10.3. The van der Waals surface area contributed by atoms with Gasteiger partial charge < -0.3 is 15.5 Å². The molecule has 166 valence electrons. The zero-order chi connectivity index (χ0) is 22.3. The standard InChI is InChI=1S/C27H32N4O/c1-31(2)25-18-26(30-24-11-7-6-10-23(24)25)29-22-15-12-21(13-16-22)19-28-27(32)17-14-20-8-4-3-5-9-20/h3-11,14,17-18,21-22H,12-13,15-16,19H2,1-2H3,(H,28,32)(H,29,30)/t21-,22+. The summed E-state index contributed by atoms with van der Waals surface area (Å²) in [7, 11) is 4.14. The van der Waals surface area contributed by atoms with E-state index in [1.807, 2.05) is 42.5 Å². The summed E-state index contributed by atoms with van der Waals surface area (Å²) < 4.78 is 0. The number of benzene rings is 2. The van der Waals surface area contributed by atoms with Gasteiger partial charge in [0.2, 0.25) is 5.91 Å². The van der Waals surface area contributed by atoms with Crippen molar-refractivity contribution >= 4 is 34.4 Å². The Labute approximate surface area is 190 Å². The number of nitrogens with one attached hydrogen (secondary N) is 2. The van der Waals surface area contributed by atoms with E-state index in [-0.39, 0.29) is 5.91 Å². The molecule has 0 saturated heterocycles. The van der Waals surface area contributed by atoms with Crippen LogP contribution < -0.4 is 15.5 Å². The predicted octanol–water partition coefficient (Wildman–Crippen LogP) is 5.10. The molecule has 1 fully saturated rings. The molecule has 0 atom stereocenters. The maximum atomic E-state index is 12.1. The largest absolute Gasteiger partial charge is 0.377 e. The van der Waals surface area contributed by atoms with E-state index in [2.05, 4.69) is 53.9 Å². The molecule has 1 aliphatic rings. The van der Waals surface area contributed by atoms with Crippen molar-refractivity contribution in [1.29, 1.82) is 0 Å². The Morgan fingerprint density at radius 2 is 1.75 bits per heavy atom. The summed E-state index contributed by atoms with van der Waals surface area (Å²) in [6.45, 7) is 0.740. The van der Waals surface area contributed by atoms with Gasteiger partial charge in [-0.05, 0) is 49.3 Å². The number of fused-ring (bicyclic) bond motifs is 1. The lowest BCUT2D eigenvalue weighted by molar-refractivity contribution is -0.116. The van der Waals surface area contributed by atoms with Gasteiger partial charge in [-0.3, -0.25) is 4.79 Å². The normalized spacial score (nSPS) is 18.6. The Morgan fingerprint density at radius 3 is 2.50 bits per heavy atom. The van der Waals surface area contributed by atoms with Gasteiger partial charge in [0.15, 0.2) is 0 Å². The summed E-state index contributed by atoms with van der Waals surface area (Å²) >= 11 is 0. The molecule has 3 aromatic rings. The molecule has 5 nitrogen and oxygen atoms in total. The molecule has 0 radical (unpaired) electrons. The summed E-state index contributed by atoms with van der Waals surface area (Å²) in [5.74, 6) is 1.45. The maximum absolute atomic E-state index is 12.1. The summed E-state index contributed by atoms with van der Waals surface area (Å²) in [6.07, 6.45) is 7.87. The first-order valence-corrected chi connectivity index (χ1v) is 11.4. The molecule has 32 heavy (non-hydrogen) atoms. The van der Waals surface area contributed by atoms with E-state index in [9.17, 15) is 4.79 Å². The summed E-state index contributed by atoms with van der Waals surface area (Å²) in [4.78, 5) is 19.1. The smallest absolute Gasteiger partial charge is 0.244 e. The Bertz CT molecular complexity index is 1070. The summed E-state index contributed by atoms with van der Waals surface area (Å²) in [5.41, 5.74) is 3.23. The van der Waals surface area contributed by atoms with Gasteiger partial charge >= 0.3 is 0 Å². The third kappa shape index (κ3) is 5.67. The van der Waals surface area contributed by atoms with Crippen molar-refractivity contribution in [3.63, 3.8) is 0 Å². The molecule has 1 aliphatic carbocycles. The van der Waals surface area contributed by atoms with Gasteiger partial charge in [0.1, 0.15) is 5.82 Å². The van der Waals surface area contributed by atoms with Crippen molar-refractivity contribution in [3.8, 4) is 0 Å². The molecule has 0 aliphatic heterocycles. The summed E-state index contributed by atoms with van der Waals surface area (Å²) in [5, 5.41) is 7.89. The molecule has 2 aromatic carbocycles. The van der Waals surface area contributed by atoms with Crippen molar-refractivity contribution in [2.75, 3.05) is 30.9 Å². The highest BCUT2D eigenvalue weighted by molar-refractivity contribution is 5.93. The quantitative estimate of drug-likeness (QED) is 0.514. The molecule has 1 saturated carbocycles. The molecule has 1 aromatic heterocycles. The minimum atomic E-state index is -0.0225. The van der Waals surface area contributed by atoms with Crippen LogP contribution in [0.15, 0.2) is 66.7 Å². The van der Waals surface area contributed by atoms with E-state index in [1.165, 1.54) is 11.1 Å². The van der Waals surface area contributed by atoms with Crippen LogP contribution in [0.2, 0.25) is 0 Å². The van der Waals surface area contributed by atoms with Gasteiger partial charge in [-0.25, -0.2) is 4.98 Å². The fraction of sp³-hybridized carbons (Fsp3) is 0.333. The Hall–Kier alpha value is -3.34. The fourth-order valence-corrected chi connectivity index (χ4v) is 4.36. The first-order chi connectivity index (χ1) is 15.6. The Kier molecular flexibility index (Phi) is 7.05. The van der Waals surface area contributed by atoms with Gasteiger partial charge in [0.25, 0.3) is 0 Å². The number of pyridine rings is 1. The highest BCUT2D eigenvalue weighted by atomic mass is 16.1. The van der Waals surface area contributed by atoms with Crippen molar-refractivity contribution in [2.24, 2.45) is 5.92 Å². The number of rotatable bonds is 7. The maximum Gasteiger partial charge on any atom is 0.244 e. The number of aromatic nitrogens is 1. The van der Waals surface area contributed by atoms with Crippen LogP contribution in [-0.4, -0.2) is 37.6 Å². The number of carbonyl (C=O) groups excluding carboxylic acids is 1. The average Bonchev–Trinajstić information content (AvgIpc) is 2.82. The number of amides is 1. The Balaban J connectivity index is 1.27. The molecule has 5 heteroatoms. The highest BCUT2D eigenvalue weighted by Crippen LogP contribution is 2.30. The van der Waals surface area contributed by atoms with E-state index in [4.69, 9.17) is 4.98 Å². The third-order valence-corrected chi connectivity index (χ3v) is 6.17. The van der Waals surface area contributed by atoms with Gasteiger partial charge in [-0.15, -0.1) is 0 Å². The molecule has 0 bridgehead atoms. The Morgan fingerprint density at radius 1 is 1.03 bits per heavy atom. The lowest BCUT2D eigenvalue weighted by Crippen LogP contribution is -2.33.